The molecule has 106 valence electrons. The largest absolute Gasteiger partial charge is 0.457 e. The lowest BCUT2D eigenvalue weighted by Gasteiger charge is -2.10. The van der Waals surface area contributed by atoms with Gasteiger partial charge in [0.15, 0.2) is 0 Å². The molecule has 0 aliphatic rings. The van der Waals surface area contributed by atoms with E-state index in [-0.39, 0.29) is 6.61 Å². The standard InChI is InChI=1S/C14H10BrF3O2/c15-13-7-12(4-1-9(13)8-19)20-11-5-2-10(3-6-11)14(16,17)18/h1-7,19H,8H2. The van der Waals surface area contributed by atoms with E-state index in [9.17, 15) is 13.2 Å². The van der Waals surface area contributed by atoms with Crippen LogP contribution in [0, 0.1) is 0 Å². The van der Waals surface area contributed by atoms with Gasteiger partial charge in [-0.2, -0.15) is 13.2 Å². The smallest absolute Gasteiger partial charge is 0.416 e. The summed E-state index contributed by atoms with van der Waals surface area (Å²) in [6.45, 7) is -0.110. The summed E-state index contributed by atoms with van der Waals surface area (Å²) in [5.41, 5.74) is -0.0218. The van der Waals surface area contributed by atoms with Crippen molar-refractivity contribution in [1.29, 1.82) is 0 Å². The molecule has 0 saturated heterocycles. The fourth-order valence-corrected chi connectivity index (χ4v) is 2.05. The van der Waals surface area contributed by atoms with E-state index < -0.39 is 11.7 Å². The van der Waals surface area contributed by atoms with Crippen LogP contribution >= 0.6 is 15.9 Å². The summed E-state index contributed by atoms with van der Waals surface area (Å²) in [6, 6.07) is 9.40. The summed E-state index contributed by atoms with van der Waals surface area (Å²) in [7, 11) is 0. The van der Waals surface area contributed by atoms with Gasteiger partial charge in [-0.25, -0.2) is 0 Å². The average Bonchev–Trinajstić information content (AvgIpc) is 2.38. The summed E-state index contributed by atoms with van der Waals surface area (Å²) >= 11 is 3.27. The first kappa shape index (κ1) is 14.9. The van der Waals surface area contributed by atoms with Crippen molar-refractivity contribution in [3.63, 3.8) is 0 Å². The number of aliphatic hydroxyl groups is 1. The van der Waals surface area contributed by atoms with Gasteiger partial charge in [-0.15, -0.1) is 0 Å². The average molecular weight is 347 g/mol. The molecule has 2 aromatic rings. The fraction of sp³-hybridized carbons (Fsp3) is 0.143. The molecule has 0 saturated carbocycles. The Balaban J connectivity index is 2.16. The number of hydrogen-bond acceptors (Lipinski definition) is 2. The second-order valence-corrected chi connectivity index (χ2v) is 4.89. The number of halogens is 4. The van der Waals surface area contributed by atoms with Crippen molar-refractivity contribution >= 4 is 15.9 Å². The van der Waals surface area contributed by atoms with E-state index in [1.807, 2.05) is 0 Å². The van der Waals surface area contributed by atoms with Crippen LogP contribution in [-0.2, 0) is 12.8 Å². The number of hydrogen-bond donors (Lipinski definition) is 1. The normalized spacial score (nSPS) is 11.4. The van der Waals surface area contributed by atoms with Crippen LogP contribution < -0.4 is 4.74 Å². The number of ether oxygens (including phenoxy) is 1. The van der Waals surface area contributed by atoms with Crippen molar-refractivity contribution in [3.8, 4) is 11.5 Å². The van der Waals surface area contributed by atoms with Crippen LogP contribution in [0.25, 0.3) is 0 Å². The highest BCUT2D eigenvalue weighted by molar-refractivity contribution is 9.10. The van der Waals surface area contributed by atoms with Crippen LogP contribution in [0.4, 0.5) is 13.2 Å². The van der Waals surface area contributed by atoms with Gasteiger partial charge >= 0.3 is 6.18 Å². The molecule has 1 N–H and O–H groups in total. The van der Waals surface area contributed by atoms with Gasteiger partial charge in [0.2, 0.25) is 0 Å². The van der Waals surface area contributed by atoms with Gasteiger partial charge in [-0.05, 0) is 42.0 Å². The number of benzene rings is 2. The first-order valence-corrected chi connectivity index (χ1v) is 6.44. The topological polar surface area (TPSA) is 29.5 Å². The second-order valence-electron chi connectivity index (χ2n) is 4.04. The minimum atomic E-state index is -4.36. The third kappa shape index (κ3) is 3.52. The van der Waals surface area contributed by atoms with E-state index in [0.717, 1.165) is 12.1 Å². The van der Waals surface area contributed by atoms with Gasteiger partial charge < -0.3 is 9.84 Å². The lowest BCUT2D eigenvalue weighted by molar-refractivity contribution is -0.137. The Morgan fingerprint density at radius 3 is 2.10 bits per heavy atom. The molecule has 2 nitrogen and oxygen atoms in total. The Morgan fingerprint density at radius 2 is 1.60 bits per heavy atom. The third-order valence-corrected chi connectivity index (χ3v) is 3.35. The summed E-state index contributed by atoms with van der Waals surface area (Å²) in [5.74, 6) is 0.774. The fourth-order valence-electron chi connectivity index (χ4n) is 1.57. The molecule has 0 radical (unpaired) electrons. The van der Waals surface area contributed by atoms with Gasteiger partial charge in [0.25, 0.3) is 0 Å². The number of aliphatic hydroxyl groups excluding tert-OH is 1. The first-order chi connectivity index (χ1) is 9.40. The molecule has 20 heavy (non-hydrogen) atoms. The Bertz CT molecular complexity index is 594. The van der Waals surface area contributed by atoms with Crippen molar-refractivity contribution in [3.05, 3.63) is 58.1 Å². The van der Waals surface area contributed by atoms with Crippen LogP contribution in [-0.4, -0.2) is 5.11 Å². The molecular formula is C14H10BrF3O2. The van der Waals surface area contributed by atoms with Crippen molar-refractivity contribution in [2.24, 2.45) is 0 Å². The van der Waals surface area contributed by atoms with Crippen LogP contribution in [0.5, 0.6) is 11.5 Å². The van der Waals surface area contributed by atoms with Gasteiger partial charge in [-0.3, -0.25) is 0 Å². The molecule has 0 unspecified atom stereocenters. The van der Waals surface area contributed by atoms with Crippen molar-refractivity contribution in [1.82, 2.24) is 0 Å². The molecular weight excluding hydrogens is 337 g/mol. The van der Waals surface area contributed by atoms with Gasteiger partial charge in [0.05, 0.1) is 12.2 Å². The van der Waals surface area contributed by atoms with Crippen molar-refractivity contribution < 1.29 is 23.0 Å². The van der Waals surface area contributed by atoms with Crippen LogP contribution in [0.1, 0.15) is 11.1 Å². The minimum Gasteiger partial charge on any atom is -0.457 e. The summed E-state index contributed by atoms with van der Waals surface area (Å²) in [5, 5.41) is 9.03. The highest BCUT2D eigenvalue weighted by Crippen LogP contribution is 2.32. The molecule has 2 aromatic carbocycles. The van der Waals surface area contributed by atoms with Crippen LogP contribution in [0.15, 0.2) is 46.9 Å². The molecule has 0 aliphatic heterocycles. The lowest BCUT2D eigenvalue weighted by Crippen LogP contribution is -2.03. The number of rotatable bonds is 3. The summed E-state index contributed by atoms with van der Waals surface area (Å²) < 4.78 is 43.4. The predicted molar refractivity (Wildman–Crippen MR) is 71.6 cm³/mol. The van der Waals surface area contributed by atoms with E-state index in [4.69, 9.17) is 9.84 Å². The third-order valence-electron chi connectivity index (χ3n) is 2.61. The maximum Gasteiger partial charge on any atom is 0.416 e. The predicted octanol–water partition coefficient (Wildman–Crippen LogP) is 4.75. The molecule has 0 heterocycles. The molecule has 0 bridgehead atoms. The van der Waals surface area contributed by atoms with Gasteiger partial charge in [0.1, 0.15) is 11.5 Å². The molecule has 0 aromatic heterocycles. The van der Waals surface area contributed by atoms with Gasteiger partial charge in [-0.1, -0.05) is 22.0 Å². The van der Waals surface area contributed by atoms with Crippen molar-refractivity contribution in [2.45, 2.75) is 12.8 Å². The summed E-state index contributed by atoms with van der Waals surface area (Å²) in [4.78, 5) is 0. The maximum absolute atomic E-state index is 12.4. The zero-order chi connectivity index (χ0) is 14.8. The molecule has 0 fully saturated rings. The molecule has 0 amide bonds. The highest BCUT2D eigenvalue weighted by atomic mass is 79.9. The van der Waals surface area contributed by atoms with E-state index in [1.54, 1.807) is 18.2 Å². The monoisotopic (exact) mass is 346 g/mol. The highest BCUT2D eigenvalue weighted by Gasteiger charge is 2.30. The van der Waals surface area contributed by atoms with Gasteiger partial charge in [0, 0.05) is 4.47 Å². The molecule has 2 rings (SSSR count). The van der Waals surface area contributed by atoms with Crippen molar-refractivity contribution in [2.75, 3.05) is 0 Å². The molecule has 0 aliphatic carbocycles. The zero-order valence-electron chi connectivity index (χ0n) is 10.1. The van der Waals surface area contributed by atoms with E-state index >= 15 is 0 Å². The minimum absolute atomic E-state index is 0.110. The summed E-state index contributed by atoms with van der Waals surface area (Å²) in [6.07, 6.45) is -4.36. The van der Waals surface area contributed by atoms with E-state index in [1.165, 1.54) is 12.1 Å². The first-order valence-electron chi connectivity index (χ1n) is 5.64. The second kappa shape index (κ2) is 5.85. The zero-order valence-corrected chi connectivity index (χ0v) is 11.7. The lowest BCUT2D eigenvalue weighted by atomic mass is 10.2. The van der Waals surface area contributed by atoms with E-state index in [2.05, 4.69) is 15.9 Å². The van der Waals surface area contributed by atoms with Crippen LogP contribution in [0.2, 0.25) is 0 Å². The van der Waals surface area contributed by atoms with Crippen LogP contribution in [0.3, 0.4) is 0 Å². The Kier molecular flexibility index (Phi) is 4.35. The molecule has 6 heteroatoms. The Hall–Kier alpha value is -1.53. The Morgan fingerprint density at radius 1 is 1.00 bits per heavy atom. The SMILES string of the molecule is OCc1ccc(Oc2ccc(C(F)(F)F)cc2)cc1Br. The number of alkyl halides is 3. The quantitative estimate of drug-likeness (QED) is 0.868. The van der Waals surface area contributed by atoms with E-state index in [0.29, 0.717) is 21.5 Å². The molecule has 0 atom stereocenters. The maximum atomic E-state index is 12.4. The molecule has 0 spiro atoms. The Labute approximate surface area is 121 Å².